The van der Waals surface area contributed by atoms with Gasteiger partial charge in [-0.1, -0.05) is 0 Å². The summed E-state index contributed by atoms with van der Waals surface area (Å²) < 4.78 is 44.1. The van der Waals surface area contributed by atoms with Crippen molar-refractivity contribution in [1.29, 1.82) is 0 Å². The summed E-state index contributed by atoms with van der Waals surface area (Å²) in [4.78, 5) is 22.7. The van der Waals surface area contributed by atoms with E-state index in [0.29, 0.717) is 12.1 Å². The smallest absolute Gasteiger partial charge is 0.328 e. The number of hydrogen-bond acceptors (Lipinski definition) is 4. The molecule has 1 atom stereocenters. The van der Waals surface area contributed by atoms with Crippen LogP contribution in [0.3, 0.4) is 0 Å². The standard InChI is InChI=1S/C14H17F3N2O4/c1-14(2,18)13(22)19-11(12(20)21)6-23-5-7-3-9(16)10(17)4-8(7)15/h3-4,11H,5-6,18H2,1-2H3,(H,19,22)(H,20,21)/t11-/m1/s1. The van der Waals surface area contributed by atoms with Gasteiger partial charge in [0, 0.05) is 11.6 Å². The van der Waals surface area contributed by atoms with Crippen LogP contribution in [-0.4, -0.2) is 35.2 Å². The largest absolute Gasteiger partial charge is 0.480 e. The van der Waals surface area contributed by atoms with Crippen LogP contribution in [0.5, 0.6) is 0 Å². The SMILES string of the molecule is CC(C)(N)C(=O)N[C@H](COCc1cc(F)c(F)cc1F)C(=O)O. The summed E-state index contributed by atoms with van der Waals surface area (Å²) in [7, 11) is 0. The van der Waals surface area contributed by atoms with Gasteiger partial charge in [-0.25, -0.2) is 18.0 Å². The van der Waals surface area contributed by atoms with Crippen LogP contribution in [0.2, 0.25) is 0 Å². The van der Waals surface area contributed by atoms with E-state index in [2.05, 4.69) is 5.32 Å². The Bertz CT molecular complexity index is 602. The number of carbonyl (C=O) groups excluding carboxylic acids is 1. The Morgan fingerprint density at radius 1 is 1.26 bits per heavy atom. The molecule has 0 saturated heterocycles. The molecule has 1 aromatic rings. The van der Waals surface area contributed by atoms with Crippen molar-refractivity contribution in [3.05, 3.63) is 35.1 Å². The van der Waals surface area contributed by atoms with E-state index in [1.54, 1.807) is 0 Å². The molecule has 0 spiro atoms. The number of aliphatic carboxylic acids is 1. The predicted octanol–water partition coefficient (Wildman–Crippen LogP) is 0.927. The normalized spacial score (nSPS) is 12.8. The average molecular weight is 334 g/mol. The minimum absolute atomic E-state index is 0.279. The highest BCUT2D eigenvalue weighted by Gasteiger charge is 2.28. The zero-order valence-electron chi connectivity index (χ0n) is 12.5. The Hall–Kier alpha value is -2.13. The molecule has 4 N–H and O–H groups in total. The number of hydrogen-bond donors (Lipinski definition) is 3. The molecule has 9 heteroatoms. The van der Waals surface area contributed by atoms with E-state index in [9.17, 15) is 22.8 Å². The number of carboxylic acid groups (broad SMARTS) is 1. The third-order valence-corrected chi connectivity index (χ3v) is 2.82. The quantitative estimate of drug-likeness (QED) is 0.644. The molecule has 0 bridgehead atoms. The van der Waals surface area contributed by atoms with Crippen LogP contribution in [0.25, 0.3) is 0 Å². The number of halogens is 3. The first-order valence-corrected chi connectivity index (χ1v) is 6.56. The lowest BCUT2D eigenvalue weighted by Gasteiger charge is -2.21. The number of carboxylic acids is 1. The van der Waals surface area contributed by atoms with Crippen molar-refractivity contribution in [2.24, 2.45) is 5.73 Å². The maximum atomic E-state index is 13.4. The number of nitrogens with two attached hydrogens (primary N) is 1. The minimum atomic E-state index is -1.42. The lowest BCUT2D eigenvalue weighted by atomic mass is 10.1. The van der Waals surface area contributed by atoms with E-state index < -0.39 is 54.1 Å². The second-order valence-corrected chi connectivity index (χ2v) is 5.46. The van der Waals surface area contributed by atoms with Gasteiger partial charge in [-0.3, -0.25) is 4.79 Å². The van der Waals surface area contributed by atoms with Crippen molar-refractivity contribution in [1.82, 2.24) is 5.32 Å². The summed E-state index contributed by atoms with van der Waals surface area (Å²) in [6, 6.07) is -0.442. The Morgan fingerprint density at radius 2 is 1.83 bits per heavy atom. The van der Waals surface area contributed by atoms with Crippen LogP contribution in [-0.2, 0) is 20.9 Å². The molecular formula is C14H17F3N2O4. The summed E-state index contributed by atoms with van der Waals surface area (Å²) in [6.07, 6.45) is 0. The maximum absolute atomic E-state index is 13.4. The lowest BCUT2D eigenvalue weighted by Crippen LogP contribution is -2.55. The summed E-state index contributed by atoms with van der Waals surface area (Å²) in [5.41, 5.74) is 3.95. The second kappa shape index (κ2) is 7.42. The summed E-state index contributed by atoms with van der Waals surface area (Å²) >= 11 is 0. The van der Waals surface area contributed by atoms with Gasteiger partial charge in [-0.15, -0.1) is 0 Å². The molecular weight excluding hydrogens is 317 g/mol. The van der Waals surface area contributed by atoms with Gasteiger partial charge in [0.15, 0.2) is 17.7 Å². The Balaban J connectivity index is 2.65. The van der Waals surface area contributed by atoms with Crippen molar-refractivity contribution in [3.63, 3.8) is 0 Å². The first kappa shape index (κ1) is 18.9. The number of rotatable bonds is 7. The van der Waals surface area contributed by atoms with Gasteiger partial charge in [0.1, 0.15) is 5.82 Å². The van der Waals surface area contributed by atoms with E-state index in [1.165, 1.54) is 13.8 Å². The fourth-order valence-corrected chi connectivity index (χ4v) is 1.48. The monoisotopic (exact) mass is 334 g/mol. The van der Waals surface area contributed by atoms with Crippen LogP contribution >= 0.6 is 0 Å². The summed E-state index contributed by atoms with van der Waals surface area (Å²) in [5.74, 6) is -5.71. The van der Waals surface area contributed by atoms with Crippen molar-refractivity contribution in [3.8, 4) is 0 Å². The van der Waals surface area contributed by atoms with Crippen molar-refractivity contribution in [2.75, 3.05) is 6.61 Å². The van der Waals surface area contributed by atoms with Crippen molar-refractivity contribution in [2.45, 2.75) is 32.0 Å². The van der Waals surface area contributed by atoms with Gasteiger partial charge in [0.25, 0.3) is 0 Å². The molecule has 1 rings (SSSR count). The highest BCUT2D eigenvalue weighted by Crippen LogP contribution is 2.14. The number of carbonyl (C=O) groups is 2. The fourth-order valence-electron chi connectivity index (χ4n) is 1.48. The molecule has 23 heavy (non-hydrogen) atoms. The molecule has 128 valence electrons. The van der Waals surface area contributed by atoms with Crippen molar-refractivity contribution >= 4 is 11.9 Å². The van der Waals surface area contributed by atoms with Crippen molar-refractivity contribution < 1.29 is 32.6 Å². The molecule has 0 unspecified atom stereocenters. The van der Waals surface area contributed by atoms with Gasteiger partial charge in [-0.05, 0) is 19.9 Å². The molecule has 1 amide bonds. The summed E-state index contributed by atoms with van der Waals surface area (Å²) in [5, 5.41) is 11.2. The molecule has 0 aliphatic rings. The first-order valence-electron chi connectivity index (χ1n) is 6.56. The maximum Gasteiger partial charge on any atom is 0.328 e. The van der Waals surface area contributed by atoms with E-state index in [1.807, 2.05) is 0 Å². The second-order valence-electron chi connectivity index (χ2n) is 5.46. The zero-order chi connectivity index (χ0) is 17.8. The summed E-state index contributed by atoms with van der Waals surface area (Å²) in [6.45, 7) is 1.78. The van der Waals surface area contributed by atoms with Crippen LogP contribution < -0.4 is 11.1 Å². The zero-order valence-corrected chi connectivity index (χ0v) is 12.5. The van der Waals surface area contributed by atoms with Gasteiger partial charge in [-0.2, -0.15) is 0 Å². The van der Waals surface area contributed by atoms with E-state index in [4.69, 9.17) is 15.6 Å². The Morgan fingerprint density at radius 3 is 2.35 bits per heavy atom. The minimum Gasteiger partial charge on any atom is -0.480 e. The predicted molar refractivity (Wildman–Crippen MR) is 73.8 cm³/mol. The van der Waals surface area contributed by atoms with E-state index in [0.717, 1.165) is 0 Å². The lowest BCUT2D eigenvalue weighted by molar-refractivity contribution is -0.144. The molecule has 0 saturated carbocycles. The van der Waals surface area contributed by atoms with E-state index >= 15 is 0 Å². The first-order chi connectivity index (χ1) is 10.5. The number of ether oxygens (including phenoxy) is 1. The highest BCUT2D eigenvalue weighted by molar-refractivity contribution is 5.89. The number of amides is 1. The van der Waals surface area contributed by atoms with Crippen LogP contribution in [0.1, 0.15) is 19.4 Å². The highest BCUT2D eigenvalue weighted by atomic mass is 19.2. The molecule has 0 radical (unpaired) electrons. The molecule has 6 nitrogen and oxygen atoms in total. The Labute approximate surface area is 130 Å². The molecule has 0 aliphatic heterocycles. The van der Waals surface area contributed by atoms with Crippen LogP contribution in [0.15, 0.2) is 12.1 Å². The Kier molecular flexibility index (Phi) is 6.11. The van der Waals surface area contributed by atoms with Gasteiger partial charge >= 0.3 is 5.97 Å². The fraction of sp³-hybridized carbons (Fsp3) is 0.429. The molecule has 0 heterocycles. The molecule has 0 aliphatic carbocycles. The average Bonchev–Trinajstić information content (AvgIpc) is 2.41. The van der Waals surface area contributed by atoms with Gasteiger partial charge in [0.05, 0.1) is 18.8 Å². The third kappa shape index (κ3) is 5.53. The van der Waals surface area contributed by atoms with Gasteiger partial charge in [0.2, 0.25) is 5.91 Å². The molecule has 0 aromatic heterocycles. The number of nitrogens with one attached hydrogen (secondary N) is 1. The van der Waals surface area contributed by atoms with Crippen LogP contribution in [0.4, 0.5) is 13.2 Å². The number of benzene rings is 1. The van der Waals surface area contributed by atoms with Crippen LogP contribution in [0, 0.1) is 17.5 Å². The van der Waals surface area contributed by atoms with E-state index in [-0.39, 0.29) is 5.56 Å². The third-order valence-electron chi connectivity index (χ3n) is 2.82. The molecule has 0 fully saturated rings. The topological polar surface area (TPSA) is 102 Å². The molecule has 1 aromatic carbocycles. The van der Waals surface area contributed by atoms with Gasteiger partial charge < -0.3 is 20.9 Å².